The van der Waals surface area contributed by atoms with E-state index in [4.69, 9.17) is 25.9 Å². The third kappa shape index (κ3) is 9.71. The number of benzene rings is 2. The Balaban J connectivity index is 1.86. The summed E-state index contributed by atoms with van der Waals surface area (Å²) in [5.41, 5.74) is 0.0555. The van der Waals surface area contributed by atoms with Gasteiger partial charge in [0, 0.05) is 0 Å². The average Bonchev–Trinajstić information content (AvgIpc) is 2.83. The smallest absolute Gasteiger partial charge is 0.468 e. The van der Waals surface area contributed by atoms with Crippen molar-refractivity contribution in [1.29, 1.82) is 0 Å². The minimum absolute atomic E-state index is 0.133. The molecule has 1 atom stereocenters. The van der Waals surface area contributed by atoms with Gasteiger partial charge in [-0.25, -0.2) is 0 Å². The Kier molecular flexibility index (Phi) is 11.0. The fraction of sp³-hybridized carbons (Fsp3) is 0.286. The number of nitro groups is 1. The first-order valence-corrected chi connectivity index (χ1v) is 11.1. The Morgan fingerprint density at radius 3 is 2.50 bits per heavy atom. The molecule has 0 spiro atoms. The molecule has 0 aliphatic rings. The molecule has 2 aromatic rings. The second kappa shape index (κ2) is 13.7. The molecule has 0 aliphatic heterocycles. The van der Waals surface area contributed by atoms with E-state index in [1.807, 2.05) is 0 Å². The first-order valence-electron chi connectivity index (χ1n) is 9.75. The summed E-state index contributed by atoms with van der Waals surface area (Å²) in [6.45, 7) is -0.612. The molecule has 0 aromatic heterocycles. The summed E-state index contributed by atoms with van der Waals surface area (Å²) in [5.74, 6) is -1.02. The summed E-state index contributed by atoms with van der Waals surface area (Å²) < 4.78 is 52.8. The molecular weight excluding hydrogens is 533 g/mol. The Morgan fingerprint density at radius 2 is 1.92 bits per heavy atom. The molecule has 0 N–H and O–H groups in total. The minimum Gasteiger partial charge on any atom is -0.468 e. The van der Waals surface area contributed by atoms with Crippen LogP contribution in [-0.4, -0.2) is 48.1 Å². The summed E-state index contributed by atoms with van der Waals surface area (Å²) in [4.78, 5) is 37.7. The molecule has 0 bridgehead atoms. The molecule has 0 heterocycles. The van der Waals surface area contributed by atoms with Gasteiger partial charge in [0.05, 0.1) is 41.2 Å². The van der Waals surface area contributed by atoms with Crippen LogP contribution in [-0.2, 0) is 36.7 Å². The van der Waals surface area contributed by atoms with E-state index in [0.29, 0.717) is 23.3 Å². The highest BCUT2D eigenvalue weighted by molar-refractivity contribution is 8.14. The van der Waals surface area contributed by atoms with Crippen LogP contribution in [0.1, 0.15) is 16.7 Å². The predicted octanol–water partition coefficient (Wildman–Crippen LogP) is 4.30. The fourth-order valence-electron chi connectivity index (χ4n) is 2.31. The van der Waals surface area contributed by atoms with Gasteiger partial charge < -0.3 is 14.3 Å². The largest absolute Gasteiger partial charge is 0.475 e. The van der Waals surface area contributed by atoms with Gasteiger partial charge in [0.1, 0.15) is 5.75 Å². The van der Waals surface area contributed by atoms with Crippen molar-refractivity contribution in [2.24, 2.45) is 5.16 Å². The number of halogens is 4. The van der Waals surface area contributed by atoms with E-state index in [2.05, 4.69) is 9.89 Å². The number of nitrogens with zero attached hydrogens (tertiary/aromatic N) is 2. The van der Waals surface area contributed by atoms with Gasteiger partial charge in [-0.3, -0.25) is 24.4 Å². The average molecular weight is 551 g/mol. The van der Waals surface area contributed by atoms with Gasteiger partial charge in [0.15, 0.2) is 6.61 Å². The molecule has 0 fully saturated rings. The molecule has 2 rings (SSSR count). The van der Waals surface area contributed by atoms with Gasteiger partial charge in [-0.2, -0.15) is 13.2 Å². The van der Waals surface area contributed by atoms with Crippen LogP contribution in [0.4, 0.5) is 13.2 Å². The molecule has 36 heavy (non-hydrogen) atoms. The molecule has 1 unspecified atom stereocenters. The Labute approximate surface area is 211 Å². The fourth-order valence-corrected chi connectivity index (χ4v) is 3.07. The van der Waals surface area contributed by atoms with Crippen molar-refractivity contribution in [3.63, 3.8) is 0 Å². The van der Waals surface area contributed by atoms with E-state index in [1.165, 1.54) is 13.3 Å². The molecule has 0 radical (unpaired) electrons. The summed E-state index contributed by atoms with van der Waals surface area (Å²) in [5, 5.41) is 14.0. The van der Waals surface area contributed by atoms with Gasteiger partial charge >= 0.3 is 18.6 Å². The number of alkyl halides is 3. The predicted molar refractivity (Wildman–Crippen MR) is 122 cm³/mol. The van der Waals surface area contributed by atoms with Crippen LogP contribution in [0.5, 0.6) is 5.75 Å². The van der Waals surface area contributed by atoms with E-state index in [1.54, 1.807) is 24.3 Å². The summed E-state index contributed by atoms with van der Waals surface area (Å²) >= 11 is 6.49. The molecule has 194 valence electrons. The van der Waals surface area contributed by atoms with Crippen LogP contribution in [0.25, 0.3) is 0 Å². The third-order valence-corrected chi connectivity index (χ3v) is 5.18. The molecule has 15 heteroatoms. The van der Waals surface area contributed by atoms with Gasteiger partial charge in [0.2, 0.25) is 5.12 Å². The van der Waals surface area contributed by atoms with Crippen LogP contribution < -0.4 is 4.74 Å². The van der Waals surface area contributed by atoms with E-state index in [0.717, 1.165) is 17.8 Å². The van der Waals surface area contributed by atoms with Gasteiger partial charge in [-0.05, 0) is 29.3 Å². The zero-order valence-electron chi connectivity index (χ0n) is 18.4. The number of carbonyl (C=O) groups excluding carboxylic acids is 2. The van der Waals surface area contributed by atoms with Crippen molar-refractivity contribution in [1.82, 2.24) is 0 Å². The number of esters is 1. The Hall–Kier alpha value is -3.36. The second-order valence-electron chi connectivity index (χ2n) is 6.65. The zero-order chi connectivity index (χ0) is 26.7. The summed E-state index contributed by atoms with van der Waals surface area (Å²) in [6, 6.07) is 8.46. The Morgan fingerprint density at radius 1 is 1.22 bits per heavy atom. The number of ether oxygens (including phenoxy) is 3. The molecular formula is C21H18ClF3N2O8S. The highest BCUT2D eigenvalue weighted by Gasteiger charge is 2.32. The van der Waals surface area contributed by atoms with Crippen LogP contribution in [0.2, 0.25) is 5.02 Å². The van der Waals surface area contributed by atoms with Gasteiger partial charge in [-0.1, -0.05) is 52.8 Å². The number of thioether (sulfide) groups is 1. The lowest BCUT2D eigenvalue weighted by Gasteiger charge is -2.14. The van der Waals surface area contributed by atoms with Gasteiger partial charge in [0.25, 0.3) is 0 Å². The van der Waals surface area contributed by atoms with Crippen molar-refractivity contribution < 1.29 is 46.7 Å². The lowest BCUT2D eigenvalue weighted by atomic mass is 10.1. The maximum absolute atomic E-state index is 12.7. The maximum atomic E-state index is 12.7. The van der Waals surface area contributed by atoms with Gasteiger partial charge in [-0.15, -0.1) is 0 Å². The number of rotatable bonds is 12. The number of methoxy groups -OCH3 is 1. The highest BCUT2D eigenvalue weighted by Crippen LogP contribution is 2.35. The van der Waals surface area contributed by atoms with Crippen molar-refractivity contribution in [2.45, 2.75) is 19.2 Å². The monoisotopic (exact) mass is 550 g/mol. The van der Waals surface area contributed by atoms with E-state index in [-0.39, 0.29) is 24.7 Å². The van der Waals surface area contributed by atoms with Crippen LogP contribution in [0.3, 0.4) is 0 Å². The first kappa shape index (κ1) is 28.9. The Bertz CT molecular complexity index is 1100. The topological polar surface area (TPSA) is 127 Å². The zero-order valence-corrected chi connectivity index (χ0v) is 20.0. The number of carbonyl (C=O) groups is 2. The number of oxime groups is 1. The maximum Gasteiger partial charge on any atom is 0.475 e. The third-order valence-electron chi connectivity index (χ3n) is 4.07. The first-order chi connectivity index (χ1) is 17.0. The lowest BCUT2D eigenvalue weighted by Crippen LogP contribution is -2.29. The van der Waals surface area contributed by atoms with Crippen molar-refractivity contribution in [3.8, 4) is 5.75 Å². The number of hydrogen-bond donors (Lipinski definition) is 0. The molecule has 0 aliphatic carbocycles. The van der Waals surface area contributed by atoms with E-state index in [9.17, 15) is 32.9 Å². The SMILES string of the molecule is COC(=O)CSC(=O)CO/N=C/c1ccc(COC(Oc2ccc(C(F)(F)F)cc2Cl)[N+](=O)[O-])cc1. The van der Waals surface area contributed by atoms with Crippen LogP contribution in [0, 0.1) is 10.1 Å². The minimum atomic E-state index is -4.63. The van der Waals surface area contributed by atoms with Crippen molar-refractivity contribution in [3.05, 3.63) is 74.3 Å². The standard InChI is InChI=1S/C21H18ClF3N2O8S/c1-32-18(28)12-36-19(29)11-34-26-9-13-2-4-14(5-3-13)10-33-20(27(30)31)35-17-7-6-15(8-16(17)22)21(23,24)25/h2-9,20H,10-12H2,1H3/b26-9+. The molecule has 10 nitrogen and oxygen atoms in total. The van der Waals surface area contributed by atoms with E-state index < -0.39 is 39.2 Å². The van der Waals surface area contributed by atoms with Crippen molar-refractivity contribution in [2.75, 3.05) is 19.5 Å². The van der Waals surface area contributed by atoms with Crippen LogP contribution >= 0.6 is 23.4 Å². The quantitative estimate of drug-likeness (QED) is 0.125. The lowest BCUT2D eigenvalue weighted by molar-refractivity contribution is -0.621. The molecule has 2 aromatic carbocycles. The highest BCUT2D eigenvalue weighted by atomic mass is 35.5. The van der Waals surface area contributed by atoms with Crippen molar-refractivity contribution >= 4 is 40.7 Å². The van der Waals surface area contributed by atoms with Crippen LogP contribution in [0.15, 0.2) is 47.6 Å². The second-order valence-corrected chi connectivity index (χ2v) is 8.09. The summed E-state index contributed by atoms with van der Waals surface area (Å²) in [6.07, 6.45) is -5.34. The number of hydrogen-bond acceptors (Lipinski definition) is 10. The molecule has 0 saturated carbocycles. The van der Waals surface area contributed by atoms with E-state index >= 15 is 0 Å². The molecule has 0 amide bonds. The normalized spacial score (nSPS) is 12.2. The summed E-state index contributed by atoms with van der Waals surface area (Å²) in [7, 11) is 1.21. The molecule has 0 saturated heterocycles.